The Labute approximate surface area is 141 Å². The summed E-state index contributed by atoms with van der Waals surface area (Å²) >= 11 is 0. The number of hydrogen-bond donors (Lipinski definition) is 0. The minimum atomic E-state index is -0.289. The maximum Gasteiger partial charge on any atom is 0.228 e. The minimum absolute atomic E-state index is 0.0211. The average Bonchev–Trinajstić information content (AvgIpc) is 2.95. The minimum Gasteiger partial charge on any atom is -0.345 e. The lowest BCUT2D eigenvalue weighted by Crippen LogP contribution is -2.37. The van der Waals surface area contributed by atoms with Crippen LogP contribution in [0, 0.1) is 5.92 Å². The van der Waals surface area contributed by atoms with Crippen LogP contribution in [0.1, 0.15) is 23.7 Å². The lowest BCUT2D eigenvalue weighted by molar-refractivity contribution is -0.136. The summed E-state index contributed by atoms with van der Waals surface area (Å²) in [4.78, 5) is 32.5. The Balaban J connectivity index is 1.91. The van der Waals surface area contributed by atoms with Crippen LogP contribution in [0.15, 0.2) is 54.7 Å². The van der Waals surface area contributed by atoms with E-state index in [4.69, 9.17) is 0 Å². The Bertz CT molecular complexity index is 678. The number of hydrogen-bond acceptors (Lipinski definition) is 3. The standard InChI is InChI=1S/C19H21N3O2/c1-21-13-15(12-17(21)23)19(24)22(2)18(14-8-4-3-5-9-14)16-10-6-7-11-20-16/h3-11,15,18H,12-13H2,1-2H3/t15-,18-/m0/s1. The Morgan fingerprint density at radius 3 is 2.50 bits per heavy atom. The highest BCUT2D eigenvalue weighted by molar-refractivity contribution is 5.89. The zero-order chi connectivity index (χ0) is 17.1. The normalized spacial score (nSPS) is 18.5. The van der Waals surface area contributed by atoms with Gasteiger partial charge in [0.05, 0.1) is 17.7 Å². The summed E-state index contributed by atoms with van der Waals surface area (Å²) in [6.45, 7) is 0.478. The monoisotopic (exact) mass is 323 g/mol. The van der Waals surface area contributed by atoms with Crippen LogP contribution in [-0.4, -0.2) is 47.2 Å². The summed E-state index contributed by atoms with van der Waals surface area (Å²) in [6, 6.07) is 15.3. The molecule has 1 aromatic heterocycles. The van der Waals surface area contributed by atoms with Crippen LogP contribution in [0.2, 0.25) is 0 Å². The molecule has 0 saturated carbocycles. The zero-order valence-corrected chi connectivity index (χ0v) is 13.9. The molecule has 0 N–H and O–H groups in total. The topological polar surface area (TPSA) is 53.5 Å². The second kappa shape index (κ2) is 6.83. The number of nitrogens with zero attached hydrogens (tertiary/aromatic N) is 3. The molecule has 5 nitrogen and oxygen atoms in total. The molecule has 24 heavy (non-hydrogen) atoms. The van der Waals surface area contributed by atoms with Gasteiger partial charge in [0.2, 0.25) is 11.8 Å². The van der Waals surface area contributed by atoms with Crippen molar-refractivity contribution in [2.24, 2.45) is 5.92 Å². The number of carbonyl (C=O) groups excluding carboxylic acids is 2. The van der Waals surface area contributed by atoms with Gasteiger partial charge in [0, 0.05) is 33.3 Å². The number of amides is 2. The number of aromatic nitrogens is 1. The van der Waals surface area contributed by atoms with E-state index in [1.807, 2.05) is 48.5 Å². The van der Waals surface area contributed by atoms with Crippen molar-refractivity contribution in [2.75, 3.05) is 20.6 Å². The molecule has 1 fully saturated rings. The number of rotatable bonds is 4. The molecular weight excluding hydrogens is 302 g/mol. The number of benzene rings is 1. The van der Waals surface area contributed by atoms with Crippen molar-refractivity contribution >= 4 is 11.8 Å². The lowest BCUT2D eigenvalue weighted by atomic mass is 9.99. The van der Waals surface area contributed by atoms with E-state index in [1.165, 1.54) is 0 Å². The summed E-state index contributed by atoms with van der Waals surface area (Å²) < 4.78 is 0. The summed E-state index contributed by atoms with van der Waals surface area (Å²) in [5.74, 6) is -0.287. The largest absolute Gasteiger partial charge is 0.345 e. The molecule has 0 spiro atoms. The number of likely N-dealkylation sites (tertiary alicyclic amines) is 1. The van der Waals surface area contributed by atoms with Crippen LogP contribution in [0.4, 0.5) is 0 Å². The first-order chi connectivity index (χ1) is 11.6. The number of pyridine rings is 1. The van der Waals surface area contributed by atoms with Gasteiger partial charge in [0.15, 0.2) is 0 Å². The predicted octanol–water partition coefficient (Wildman–Crippen LogP) is 2.11. The van der Waals surface area contributed by atoms with Crippen molar-refractivity contribution < 1.29 is 9.59 Å². The molecule has 1 aliphatic heterocycles. The van der Waals surface area contributed by atoms with Crippen molar-refractivity contribution in [3.05, 3.63) is 66.0 Å². The van der Waals surface area contributed by atoms with E-state index in [-0.39, 0.29) is 30.2 Å². The van der Waals surface area contributed by atoms with Crippen molar-refractivity contribution in [1.29, 1.82) is 0 Å². The molecule has 5 heteroatoms. The predicted molar refractivity (Wildman–Crippen MR) is 91.0 cm³/mol. The van der Waals surface area contributed by atoms with Gasteiger partial charge in [-0.1, -0.05) is 36.4 Å². The Morgan fingerprint density at radius 1 is 1.21 bits per heavy atom. The van der Waals surface area contributed by atoms with Crippen LogP contribution in [0.5, 0.6) is 0 Å². The van der Waals surface area contributed by atoms with Crippen LogP contribution in [0.25, 0.3) is 0 Å². The van der Waals surface area contributed by atoms with Gasteiger partial charge in [0.1, 0.15) is 0 Å². The van der Waals surface area contributed by atoms with Crippen LogP contribution in [-0.2, 0) is 9.59 Å². The smallest absolute Gasteiger partial charge is 0.228 e. The first-order valence-corrected chi connectivity index (χ1v) is 8.04. The van der Waals surface area contributed by atoms with Crippen molar-refractivity contribution in [1.82, 2.24) is 14.8 Å². The quantitative estimate of drug-likeness (QED) is 0.866. The Hall–Kier alpha value is -2.69. The van der Waals surface area contributed by atoms with Crippen LogP contribution >= 0.6 is 0 Å². The van der Waals surface area contributed by atoms with Gasteiger partial charge < -0.3 is 9.80 Å². The fraction of sp³-hybridized carbons (Fsp3) is 0.316. The van der Waals surface area contributed by atoms with E-state index in [0.717, 1.165) is 11.3 Å². The van der Waals surface area contributed by atoms with Gasteiger partial charge in [-0.2, -0.15) is 0 Å². The number of carbonyl (C=O) groups is 2. The highest BCUT2D eigenvalue weighted by Crippen LogP contribution is 2.29. The van der Waals surface area contributed by atoms with E-state index >= 15 is 0 Å². The molecule has 2 heterocycles. The molecule has 1 saturated heterocycles. The SMILES string of the molecule is CN1C[C@@H](C(=O)N(C)[C@@H](c2ccccc2)c2ccccn2)CC1=O. The second-order valence-electron chi connectivity index (χ2n) is 6.19. The van der Waals surface area contributed by atoms with E-state index in [0.29, 0.717) is 6.54 Å². The summed E-state index contributed by atoms with van der Waals surface area (Å²) in [5.41, 5.74) is 1.82. The molecule has 2 atom stereocenters. The van der Waals surface area contributed by atoms with Gasteiger partial charge >= 0.3 is 0 Å². The fourth-order valence-electron chi connectivity index (χ4n) is 3.21. The van der Waals surface area contributed by atoms with Gasteiger partial charge in [-0.05, 0) is 17.7 Å². The van der Waals surface area contributed by atoms with E-state index in [9.17, 15) is 9.59 Å². The molecule has 124 valence electrons. The first-order valence-electron chi connectivity index (χ1n) is 8.04. The van der Waals surface area contributed by atoms with E-state index < -0.39 is 0 Å². The molecule has 0 unspecified atom stereocenters. The third-order valence-electron chi connectivity index (χ3n) is 4.51. The highest BCUT2D eigenvalue weighted by atomic mass is 16.2. The third-order valence-corrected chi connectivity index (χ3v) is 4.51. The summed E-state index contributed by atoms with van der Waals surface area (Å²) in [5, 5.41) is 0. The van der Waals surface area contributed by atoms with Crippen molar-refractivity contribution in [3.63, 3.8) is 0 Å². The molecule has 3 rings (SSSR count). The molecule has 1 aliphatic rings. The molecule has 0 bridgehead atoms. The molecule has 0 radical (unpaired) electrons. The molecule has 2 amide bonds. The van der Waals surface area contributed by atoms with Gasteiger partial charge in [-0.25, -0.2) is 0 Å². The Morgan fingerprint density at radius 2 is 1.92 bits per heavy atom. The maximum absolute atomic E-state index is 12.9. The molecule has 2 aromatic rings. The van der Waals surface area contributed by atoms with Gasteiger partial charge in [0.25, 0.3) is 0 Å². The molecular formula is C19H21N3O2. The molecule has 1 aromatic carbocycles. The third kappa shape index (κ3) is 3.15. The average molecular weight is 323 g/mol. The maximum atomic E-state index is 12.9. The second-order valence-corrected chi connectivity index (χ2v) is 6.19. The van der Waals surface area contributed by atoms with Crippen LogP contribution in [0.3, 0.4) is 0 Å². The zero-order valence-electron chi connectivity index (χ0n) is 13.9. The lowest BCUT2D eigenvalue weighted by Gasteiger charge is -2.30. The summed E-state index contributed by atoms with van der Waals surface area (Å²) in [6.07, 6.45) is 2.01. The Kier molecular flexibility index (Phi) is 4.60. The van der Waals surface area contributed by atoms with Crippen LogP contribution < -0.4 is 0 Å². The van der Waals surface area contributed by atoms with Gasteiger partial charge in [-0.15, -0.1) is 0 Å². The highest BCUT2D eigenvalue weighted by Gasteiger charge is 2.36. The van der Waals surface area contributed by atoms with Crippen molar-refractivity contribution in [3.8, 4) is 0 Å². The fourth-order valence-corrected chi connectivity index (χ4v) is 3.21. The van der Waals surface area contributed by atoms with Crippen molar-refractivity contribution in [2.45, 2.75) is 12.5 Å². The van der Waals surface area contributed by atoms with Gasteiger partial charge in [-0.3, -0.25) is 14.6 Å². The van der Waals surface area contributed by atoms with E-state index in [2.05, 4.69) is 4.98 Å². The molecule has 0 aliphatic carbocycles. The summed E-state index contributed by atoms with van der Waals surface area (Å²) in [7, 11) is 3.53. The first kappa shape index (κ1) is 16.2. The van der Waals surface area contributed by atoms with E-state index in [1.54, 1.807) is 30.1 Å².